The van der Waals surface area contributed by atoms with Gasteiger partial charge in [0.25, 0.3) is 5.92 Å². The molecule has 134 valence electrons. The first kappa shape index (κ1) is 17.8. The van der Waals surface area contributed by atoms with E-state index < -0.39 is 11.5 Å². The Morgan fingerprint density at radius 1 is 1.25 bits per heavy atom. The normalized spacial score (nSPS) is 27.6. The highest BCUT2D eigenvalue weighted by Crippen LogP contribution is 2.30. The summed E-state index contributed by atoms with van der Waals surface area (Å²) in [6.07, 6.45) is 0.576. The number of piperidine rings is 1. The molecule has 2 saturated heterocycles. The molecule has 1 amide bonds. The molecule has 0 bridgehead atoms. The minimum Gasteiger partial charge on any atom is -0.387 e. The van der Waals surface area contributed by atoms with Crippen LogP contribution in [0.5, 0.6) is 0 Å². The molecule has 3 rings (SSSR count). The van der Waals surface area contributed by atoms with Gasteiger partial charge in [0.1, 0.15) is 0 Å². The molecular formula is C17H24F2N2O2S. The summed E-state index contributed by atoms with van der Waals surface area (Å²) in [5.74, 6) is -2.55. The maximum atomic E-state index is 13.2. The van der Waals surface area contributed by atoms with Crippen molar-refractivity contribution in [1.29, 1.82) is 0 Å². The highest BCUT2D eigenvalue weighted by molar-refractivity contribution is 7.12. The van der Waals surface area contributed by atoms with Gasteiger partial charge in [-0.3, -0.25) is 9.69 Å². The van der Waals surface area contributed by atoms with Gasteiger partial charge in [0, 0.05) is 48.8 Å². The monoisotopic (exact) mass is 358 g/mol. The number of aryl methyl sites for hydroxylation is 1. The summed E-state index contributed by atoms with van der Waals surface area (Å²) in [7, 11) is 0. The second kappa shape index (κ2) is 6.69. The van der Waals surface area contributed by atoms with E-state index in [1.807, 2.05) is 24.0 Å². The number of amides is 1. The molecule has 3 heterocycles. The van der Waals surface area contributed by atoms with Gasteiger partial charge in [0.15, 0.2) is 0 Å². The molecule has 1 unspecified atom stereocenters. The predicted molar refractivity (Wildman–Crippen MR) is 89.5 cm³/mol. The highest BCUT2D eigenvalue weighted by Gasteiger charge is 2.42. The van der Waals surface area contributed by atoms with Crippen LogP contribution >= 0.6 is 11.3 Å². The molecular weight excluding hydrogens is 334 g/mol. The molecule has 0 saturated carbocycles. The standard InChI is InChI=1S/C17H24F2N2O2S/c1-13-2-3-14(24-13)10-15(22)21-9-4-16(23,12-21)11-20-7-5-17(18,19)6-8-20/h2-3,23H,4-12H2,1H3. The van der Waals surface area contributed by atoms with E-state index in [2.05, 4.69) is 0 Å². The number of β-amino-alcohol motifs (C(OH)–C–C–N with tert-alkyl or cyclic N) is 1. The molecule has 2 aliphatic heterocycles. The van der Waals surface area contributed by atoms with E-state index in [0.717, 1.165) is 4.88 Å². The lowest BCUT2D eigenvalue weighted by molar-refractivity contribution is -0.130. The van der Waals surface area contributed by atoms with Crippen molar-refractivity contribution in [2.45, 2.75) is 44.1 Å². The summed E-state index contributed by atoms with van der Waals surface area (Å²) in [6.45, 7) is 3.81. The van der Waals surface area contributed by atoms with Gasteiger partial charge in [-0.05, 0) is 25.5 Å². The number of rotatable bonds is 4. The minimum absolute atomic E-state index is 0.0259. The third-order valence-electron chi connectivity index (χ3n) is 4.91. The van der Waals surface area contributed by atoms with Gasteiger partial charge >= 0.3 is 0 Å². The van der Waals surface area contributed by atoms with E-state index in [-0.39, 0.29) is 18.7 Å². The van der Waals surface area contributed by atoms with Crippen molar-refractivity contribution in [3.63, 3.8) is 0 Å². The second-order valence-corrected chi connectivity index (χ2v) is 8.48. The number of halogens is 2. The van der Waals surface area contributed by atoms with Gasteiger partial charge < -0.3 is 10.0 Å². The zero-order chi connectivity index (χ0) is 17.4. The van der Waals surface area contributed by atoms with Crippen molar-refractivity contribution in [3.05, 3.63) is 21.9 Å². The number of likely N-dealkylation sites (tertiary alicyclic amines) is 2. The Morgan fingerprint density at radius 2 is 1.96 bits per heavy atom. The molecule has 7 heteroatoms. The molecule has 0 radical (unpaired) electrons. The third kappa shape index (κ3) is 4.32. The van der Waals surface area contributed by atoms with Gasteiger partial charge in [-0.2, -0.15) is 0 Å². The number of hydrogen-bond acceptors (Lipinski definition) is 4. The van der Waals surface area contributed by atoms with Crippen molar-refractivity contribution in [1.82, 2.24) is 9.80 Å². The lowest BCUT2D eigenvalue weighted by atomic mass is 10.00. The van der Waals surface area contributed by atoms with E-state index in [0.29, 0.717) is 45.6 Å². The number of nitrogens with zero attached hydrogens (tertiary/aromatic N) is 2. The molecule has 24 heavy (non-hydrogen) atoms. The predicted octanol–water partition coefficient (Wildman–Crippen LogP) is 2.29. The Kier molecular flexibility index (Phi) is 4.95. The maximum absolute atomic E-state index is 13.2. The fraction of sp³-hybridized carbons (Fsp3) is 0.706. The fourth-order valence-electron chi connectivity index (χ4n) is 3.49. The second-order valence-electron chi connectivity index (χ2n) is 7.11. The summed E-state index contributed by atoms with van der Waals surface area (Å²) >= 11 is 1.61. The van der Waals surface area contributed by atoms with Crippen molar-refractivity contribution in [3.8, 4) is 0 Å². The van der Waals surface area contributed by atoms with Crippen LogP contribution in [-0.4, -0.2) is 65.1 Å². The molecule has 1 aromatic rings. The van der Waals surface area contributed by atoms with E-state index in [9.17, 15) is 18.7 Å². The van der Waals surface area contributed by atoms with Crippen molar-refractivity contribution < 1.29 is 18.7 Å². The molecule has 0 aromatic carbocycles. The summed E-state index contributed by atoms with van der Waals surface area (Å²) in [4.78, 5) is 18.2. The minimum atomic E-state index is -2.57. The zero-order valence-corrected chi connectivity index (χ0v) is 14.7. The van der Waals surface area contributed by atoms with Crippen LogP contribution in [0.1, 0.15) is 29.0 Å². The zero-order valence-electron chi connectivity index (χ0n) is 13.9. The SMILES string of the molecule is Cc1ccc(CC(=O)N2CCC(O)(CN3CCC(F)(F)CC3)C2)s1. The molecule has 1 aromatic heterocycles. The van der Waals surface area contributed by atoms with E-state index in [4.69, 9.17) is 0 Å². The maximum Gasteiger partial charge on any atom is 0.250 e. The number of carbonyl (C=O) groups excluding carboxylic acids is 1. The van der Waals surface area contributed by atoms with Crippen molar-refractivity contribution >= 4 is 17.2 Å². The molecule has 0 aliphatic carbocycles. The van der Waals surface area contributed by atoms with E-state index >= 15 is 0 Å². The van der Waals surface area contributed by atoms with Gasteiger partial charge in [-0.25, -0.2) is 8.78 Å². The summed E-state index contributed by atoms with van der Waals surface area (Å²) in [5.41, 5.74) is -0.979. The Bertz CT molecular complexity index is 597. The quantitative estimate of drug-likeness (QED) is 0.898. The summed E-state index contributed by atoms with van der Waals surface area (Å²) in [5, 5.41) is 10.7. The van der Waals surface area contributed by atoms with Gasteiger partial charge in [0.05, 0.1) is 18.6 Å². The van der Waals surface area contributed by atoms with Crippen LogP contribution < -0.4 is 0 Å². The first-order valence-corrected chi connectivity index (χ1v) is 9.22. The Labute approximate surface area is 145 Å². The Morgan fingerprint density at radius 3 is 2.58 bits per heavy atom. The molecule has 1 N–H and O–H groups in total. The van der Waals surface area contributed by atoms with Crippen molar-refractivity contribution in [2.24, 2.45) is 0 Å². The number of alkyl halides is 2. The number of aliphatic hydroxyl groups is 1. The van der Waals surface area contributed by atoms with Crippen LogP contribution in [0.2, 0.25) is 0 Å². The fourth-order valence-corrected chi connectivity index (χ4v) is 4.38. The lowest BCUT2D eigenvalue weighted by Crippen LogP contribution is -2.49. The van der Waals surface area contributed by atoms with Gasteiger partial charge in [-0.1, -0.05) is 0 Å². The largest absolute Gasteiger partial charge is 0.387 e. The molecule has 2 fully saturated rings. The Balaban J connectivity index is 1.51. The molecule has 0 spiro atoms. The topological polar surface area (TPSA) is 43.8 Å². The summed E-state index contributed by atoms with van der Waals surface area (Å²) < 4.78 is 26.4. The van der Waals surface area contributed by atoms with Gasteiger partial charge in [-0.15, -0.1) is 11.3 Å². The smallest absolute Gasteiger partial charge is 0.250 e. The van der Waals surface area contributed by atoms with Crippen LogP contribution in [0, 0.1) is 6.92 Å². The van der Waals surface area contributed by atoms with Crippen LogP contribution in [-0.2, 0) is 11.2 Å². The molecule has 1 atom stereocenters. The molecule has 4 nitrogen and oxygen atoms in total. The summed E-state index contributed by atoms with van der Waals surface area (Å²) in [6, 6.07) is 3.97. The number of thiophene rings is 1. The van der Waals surface area contributed by atoms with Crippen LogP contribution in [0.25, 0.3) is 0 Å². The Hall–Kier alpha value is -1.05. The van der Waals surface area contributed by atoms with Gasteiger partial charge in [0.2, 0.25) is 5.91 Å². The average molecular weight is 358 g/mol. The first-order valence-electron chi connectivity index (χ1n) is 8.40. The average Bonchev–Trinajstić information content (AvgIpc) is 3.08. The third-order valence-corrected chi connectivity index (χ3v) is 5.91. The van der Waals surface area contributed by atoms with Crippen molar-refractivity contribution in [2.75, 3.05) is 32.7 Å². The van der Waals surface area contributed by atoms with E-state index in [1.165, 1.54) is 4.88 Å². The van der Waals surface area contributed by atoms with Crippen LogP contribution in [0.15, 0.2) is 12.1 Å². The number of hydrogen-bond donors (Lipinski definition) is 1. The first-order chi connectivity index (χ1) is 11.2. The van der Waals surface area contributed by atoms with Crippen LogP contribution in [0.3, 0.4) is 0 Å². The van der Waals surface area contributed by atoms with E-state index in [1.54, 1.807) is 16.2 Å². The van der Waals surface area contributed by atoms with Crippen LogP contribution in [0.4, 0.5) is 8.78 Å². The lowest BCUT2D eigenvalue weighted by Gasteiger charge is -2.36. The molecule has 2 aliphatic rings. The highest BCUT2D eigenvalue weighted by atomic mass is 32.1. The number of carbonyl (C=O) groups is 1.